The molecule has 28 heavy (non-hydrogen) atoms. The van der Waals surface area contributed by atoms with Crippen molar-refractivity contribution in [2.75, 3.05) is 18.5 Å². The third kappa shape index (κ3) is 4.24. The number of carbonyl (C=O) groups excluding carboxylic acids is 4. The fraction of sp³-hybridized carbons (Fsp3) is 0.524. The molecule has 2 aliphatic rings. The van der Waals surface area contributed by atoms with Gasteiger partial charge in [0.1, 0.15) is 6.54 Å². The second kappa shape index (κ2) is 8.54. The molecule has 3 amide bonds. The molecule has 7 nitrogen and oxygen atoms in total. The summed E-state index contributed by atoms with van der Waals surface area (Å²) in [5.74, 6) is -2.17. The highest BCUT2D eigenvalue weighted by atomic mass is 16.5. The van der Waals surface area contributed by atoms with E-state index in [1.165, 1.54) is 0 Å². The van der Waals surface area contributed by atoms with Gasteiger partial charge in [0, 0.05) is 5.69 Å². The van der Waals surface area contributed by atoms with Gasteiger partial charge >= 0.3 is 5.97 Å². The molecule has 1 aliphatic heterocycles. The maximum absolute atomic E-state index is 12.4. The number of hydrogen-bond acceptors (Lipinski definition) is 5. The van der Waals surface area contributed by atoms with Crippen molar-refractivity contribution >= 4 is 29.4 Å². The summed E-state index contributed by atoms with van der Waals surface area (Å²) in [6.45, 7) is 3.15. The molecule has 3 rings (SSSR count). The first-order valence-corrected chi connectivity index (χ1v) is 9.78. The van der Waals surface area contributed by atoms with Crippen LogP contribution in [0.5, 0.6) is 0 Å². The number of anilines is 1. The van der Waals surface area contributed by atoms with Gasteiger partial charge in [-0.2, -0.15) is 0 Å². The van der Waals surface area contributed by atoms with Gasteiger partial charge < -0.3 is 10.1 Å². The highest BCUT2D eigenvalue weighted by Gasteiger charge is 2.48. The van der Waals surface area contributed by atoms with Crippen LogP contribution in [0.25, 0.3) is 0 Å². The van der Waals surface area contributed by atoms with E-state index in [4.69, 9.17) is 4.74 Å². The van der Waals surface area contributed by atoms with Gasteiger partial charge in [0.2, 0.25) is 11.8 Å². The number of para-hydroxylation sites is 1. The number of likely N-dealkylation sites (tertiary alicyclic amines) is 1. The van der Waals surface area contributed by atoms with E-state index in [1.807, 2.05) is 32.0 Å². The zero-order chi connectivity index (χ0) is 20.3. The quantitative estimate of drug-likeness (QED) is 0.599. The van der Waals surface area contributed by atoms with E-state index in [9.17, 15) is 19.2 Å². The number of rotatable bonds is 6. The number of carbonyl (C=O) groups is 4. The number of hydrogen-bond donors (Lipinski definition) is 1. The van der Waals surface area contributed by atoms with Crippen LogP contribution in [0.15, 0.2) is 24.3 Å². The Hall–Kier alpha value is -2.70. The number of nitrogens with zero attached hydrogens (tertiary/aromatic N) is 1. The molecule has 2 unspecified atom stereocenters. The zero-order valence-corrected chi connectivity index (χ0v) is 16.3. The van der Waals surface area contributed by atoms with Crippen LogP contribution in [-0.4, -0.2) is 41.7 Å². The van der Waals surface area contributed by atoms with Crippen LogP contribution in [0.1, 0.15) is 51.0 Å². The summed E-state index contributed by atoms with van der Waals surface area (Å²) in [4.78, 5) is 50.0. The minimum atomic E-state index is -0.757. The Morgan fingerprint density at radius 1 is 1.11 bits per heavy atom. The highest BCUT2D eigenvalue weighted by Crippen LogP contribution is 2.37. The third-order valence-electron chi connectivity index (χ3n) is 5.44. The van der Waals surface area contributed by atoms with E-state index in [-0.39, 0.29) is 29.6 Å². The molecule has 1 aliphatic carbocycles. The first kappa shape index (κ1) is 20.0. The van der Waals surface area contributed by atoms with Crippen molar-refractivity contribution in [2.45, 2.75) is 45.4 Å². The topological polar surface area (TPSA) is 92.8 Å². The molecule has 0 radical (unpaired) electrons. The number of nitrogens with one attached hydrogen (secondary N) is 1. The summed E-state index contributed by atoms with van der Waals surface area (Å²) in [7, 11) is 0. The van der Waals surface area contributed by atoms with Crippen LogP contribution >= 0.6 is 0 Å². The van der Waals surface area contributed by atoms with Gasteiger partial charge in [0.05, 0.1) is 11.8 Å². The zero-order valence-electron chi connectivity index (χ0n) is 16.3. The summed E-state index contributed by atoms with van der Waals surface area (Å²) >= 11 is 0. The number of benzene rings is 1. The lowest BCUT2D eigenvalue weighted by Crippen LogP contribution is -2.37. The van der Waals surface area contributed by atoms with Crippen molar-refractivity contribution < 1.29 is 23.9 Å². The number of amides is 3. The third-order valence-corrected chi connectivity index (χ3v) is 5.44. The molecule has 7 heteroatoms. The molecule has 150 valence electrons. The Bertz CT molecular complexity index is 765. The molecule has 2 fully saturated rings. The van der Waals surface area contributed by atoms with Crippen molar-refractivity contribution in [1.29, 1.82) is 0 Å². The fourth-order valence-electron chi connectivity index (χ4n) is 4.01. The van der Waals surface area contributed by atoms with Crippen molar-refractivity contribution in [3.63, 3.8) is 0 Å². The van der Waals surface area contributed by atoms with Gasteiger partial charge in [-0.1, -0.05) is 44.9 Å². The summed E-state index contributed by atoms with van der Waals surface area (Å²) in [5.41, 5.74) is 1.66. The number of esters is 1. The van der Waals surface area contributed by atoms with Crippen LogP contribution in [-0.2, 0) is 23.9 Å². The Labute approximate surface area is 164 Å². The Morgan fingerprint density at radius 2 is 1.71 bits per heavy atom. The van der Waals surface area contributed by atoms with E-state index < -0.39 is 25.0 Å². The minimum absolute atomic E-state index is 0.231. The lowest BCUT2D eigenvalue weighted by Gasteiger charge is -2.19. The molecular formula is C21H26N2O5. The lowest BCUT2D eigenvalue weighted by atomic mass is 9.81. The summed E-state index contributed by atoms with van der Waals surface area (Å²) in [5, 5.41) is 2.74. The SMILES string of the molecule is CC(C)c1ccccc1NC(=O)COC(=O)CN1C(=O)C2CCCCC2C1=O. The summed E-state index contributed by atoms with van der Waals surface area (Å²) in [6, 6.07) is 7.43. The second-order valence-electron chi connectivity index (χ2n) is 7.71. The first-order valence-electron chi connectivity index (χ1n) is 9.78. The number of ether oxygens (including phenoxy) is 1. The number of imide groups is 1. The monoisotopic (exact) mass is 386 g/mol. The van der Waals surface area contributed by atoms with Crippen LogP contribution < -0.4 is 5.32 Å². The molecule has 0 bridgehead atoms. The molecule has 2 atom stereocenters. The average Bonchev–Trinajstić information content (AvgIpc) is 2.92. The first-order chi connectivity index (χ1) is 13.4. The van der Waals surface area contributed by atoms with E-state index >= 15 is 0 Å². The molecule has 0 aromatic heterocycles. The Kier molecular flexibility index (Phi) is 6.11. The molecule has 1 heterocycles. The van der Waals surface area contributed by atoms with Crippen molar-refractivity contribution in [3.05, 3.63) is 29.8 Å². The van der Waals surface area contributed by atoms with Crippen LogP contribution in [0, 0.1) is 11.8 Å². The molecule has 1 aromatic carbocycles. The van der Waals surface area contributed by atoms with E-state index in [2.05, 4.69) is 5.32 Å². The molecular weight excluding hydrogens is 360 g/mol. The standard InChI is InChI=1S/C21H26N2O5/c1-13(2)14-7-5-6-10-17(14)22-18(24)12-28-19(25)11-23-20(26)15-8-3-4-9-16(15)21(23)27/h5-7,10,13,15-16H,3-4,8-9,11-12H2,1-2H3,(H,22,24). The Morgan fingerprint density at radius 3 is 2.32 bits per heavy atom. The maximum Gasteiger partial charge on any atom is 0.326 e. The van der Waals surface area contributed by atoms with E-state index in [1.54, 1.807) is 6.07 Å². The molecule has 1 N–H and O–H groups in total. The van der Waals surface area contributed by atoms with Crippen LogP contribution in [0.4, 0.5) is 5.69 Å². The predicted octanol–water partition coefficient (Wildman–Crippen LogP) is 2.47. The smallest absolute Gasteiger partial charge is 0.326 e. The van der Waals surface area contributed by atoms with Crippen molar-refractivity contribution in [1.82, 2.24) is 4.90 Å². The van der Waals surface area contributed by atoms with Gasteiger partial charge in [-0.15, -0.1) is 0 Å². The van der Waals surface area contributed by atoms with Gasteiger partial charge in [-0.05, 0) is 30.4 Å². The summed E-state index contributed by atoms with van der Waals surface area (Å²) in [6.07, 6.45) is 3.24. The summed E-state index contributed by atoms with van der Waals surface area (Å²) < 4.78 is 4.99. The highest BCUT2D eigenvalue weighted by molar-refractivity contribution is 6.07. The van der Waals surface area contributed by atoms with Gasteiger partial charge in [0.15, 0.2) is 6.61 Å². The average molecular weight is 386 g/mol. The van der Waals surface area contributed by atoms with E-state index in [0.29, 0.717) is 18.5 Å². The lowest BCUT2D eigenvalue weighted by molar-refractivity contribution is -0.154. The second-order valence-corrected chi connectivity index (χ2v) is 7.71. The molecule has 1 aromatic rings. The van der Waals surface area contributed by atoms with Crippen LogP contribution in [0.2, 0.25) is 0 Å². The Balaban J connectivity index is 1.51. The van der Waals surface area contributed by atoms with Gasteiger partial charge in [-0.25, -0.2) is 0 Å². The molecule has 1 saturated carbocycles. The largest absolute Gasteiger partial charge is 0.454 e. The van der Waals surface area contributed by atoms with Crippen molar-refractivity contribution in [3.8, 4) is 0 Å². The number of fused-ring (bicyclic) bond motifs is 1. The van der Waals surface area contributed by atoms with Gasteiger partial charge in [0.25, 0.3) is 5.91 Å². The van der Waals surface area contributed by atoms with Gasteiger partial charge in [-0.3, -0.25) is 24.1 Å². The fourth-order valence-corrected chi connectivity index (χ4v) is 4.01. The minimum Gasteiger partial charge on any atom is -0.454 e. The van der Waals surface area contributed by atoms with Crippen LogP contribution in [0.3, 0.4) is 0 Å². The predicted molar refractivity (Wildman–Crippen MR) is 102 cm³/mol. The van der Waals surface area contributed by atoms with E-state index in [0.717, 1.165) is 23.3 Å². The maximum atomic E-state index is 12.4. The molecule has 0 spiro atoms. The molecule has 1 saturated heterocycles. The normalized spacial score (nSPS) is 21.6. The van der Waals surface area contributed by atoms with Crippen molar-refractivity contribution in [2.24, 2.45) is 11.8 Å².